The molecule has 1 aromatic heterocycles. The Balaban J connectivity index is 1.55. The van der Waals surface area contributed by atoms with Gasteiger partial charge in [-0.3, -0.25) is 14.5 Å². The van der Waals surface area contributed by atoms with E-state index in [-0.39, 0.29) is 11.7 Å². The van der Waals surface area contributed by atoms with Crippen molar-refractivity contribution in [2.45, 2.75) is 59.4 Å². The lowest BCUT2D eigenvalue weighted by molar-refractivity contribution is -0.137. The van der Waals surface area contributed by atoms with Crippen molar-refractivity contribution in [3.8, 4) is 0 Å². The van der Waals surface area contributed by atoms with E-state index in [9.17, 15) is 9.59 Å². The fourth-order valence-corrected chi connectivity index (χ4v) is 4.70. The number of ketones is 1. The monoisotopic (exact) mass is 359 g/mol. The van der Waals surface area contributed by atoms with Gasteiger partial charge in [0.1, 0.15) is 0 Å². The van der Waals surface area contributed by atoms with Crippen LogP contribution in [0.1, 0.15) is 67.3 Å². The van der Waals surface area contributed by atoms with E-state index in [1.54, 1.807) is 0 Å². The van der Waals surface area contributed by atoms with E-state index < -0.39 is 0 Å². The number of hydrogen-bond acceptors (Lipinski definition) is 3. The van der Waals surface area contributed by atoms with Crippen LogP contribution in [-0.2, 0) is 4.79 Å². The van der Waals surface area contributed by atoms with Gasteiger partial charge in [-0.2, -0.15) is 0 Å². The number of amides is 1. The largest absolute Gasteiger partial charge is 0.346 e. The van der Waals surface area contributed by atoms with Gasteiger partial charge in [0.05, 0.1) is 6.54 Å². The smallest absolute Gasteiger partial charge is 0.225 e. The number of hydrogen-bond donors (Lipinski definition) is 0. The molecule has 26 heavy (non-hydrogen) atoms. The number of aryl methyl sites for hydroxylation is 1. The number of aromatic nitrogens is 1. The zero-order valence-corrected chi connectivity index (χ0v) is 16.8. The number of piperazine rings is 1. The zero-order chi connectivity index (χ0) is 18.8. The van der Waals surface area contributed by atoms with Crippen molar-refractivity contribution in [3.63, 3.8) is 0 Å². The molecule has 144 valence electrons. The second-order valence-corrected chi connectivity index (χ2v) is 8.25. The van der Waals surface area contributed by atoms with Crippen LogP contribution >= 0.6 is 0 Å². The number of carbonyl (C=O) groups is 2. The van der Waals surface area contributed by atoms with Crippen LogP contribution in [-0.4, -0.2) is 58.8 Å². The van der Waals surface area contributed by atoms with Crippen LogP contribution in [0.5, 0.6) is 0 Å². The normalized spacial score (nSPS) is 19.5. The van der Waals surface area contributed by atoms with Gasteiger partial charge in [0.2, 0.25) is 5.91 Å². The van der Waals surface area contributed by atoms with Crippen LogP contribution in [0.4, 0.5) is 0 Å². The summed E-state index contributed by atoms with van der Waals surface area (Å²) in [6, 6.07) is 2.39. The van der Waals surface area contributed by atoms with Gasteiger partial charge in [-0.15, -0.1) is 0 Å². The molecule has 0 N–H and O–H groups in total. The summed E-state index contributed by atoms with van der Waals surface area (Å²) in [6.45, 7) is 12.0. The van der Waals surface area contributed by atoms with E-state index >= 15 is 0 Å². The summed E-state index contributed by atoms with van der Waals surface area (Å²) in [5.41, 5.74) is 3.06. The maximum atomic E-state index is 12.8. The quantitative estimate of drug-likeness (QED) is 0.759. The molecule has 0 bridgehead atoms. The molecule has 2 fully saturated rings. The summed E-state index contributed by atoms with van der Waals surface area (Å²) in [4.78, 5) is 29.6. The Labute approximate surface area is 157 Å². The molecule has 0 spiro atoms. The molecule has 1 saturated carbocycles. The highest BCUT2D eigenvalue weighted by Crippen LogP contribution is 2.27. The van der Waals surface area contributed by atoms with Gasteiger partial charge in [-0.25, -0.2) is 0 Å². The molecule has 1 aliphatic heterocycles. The molecule has 3 rings (SSSR count). The molecular formula is C21H33N3O2. The third-order valence-corrected chi connectivity index (χ3v) is 6.06. The Kier molecular flexibility index (Phi) is 5.86. The lowest BCUT2D eigenvalue weighted by atomic mass is 10.1. The molecule has 0 unspecified atom stereocenters. The first-order valence-corrected chi connectivity index (χ1v) is 10.1. The van der Waals surface area contributed by atoms with Crippen molar-refractivity contribution in [2.75, 3.05) is 32.7 Å². The number of rotatable bonds is 5. The van der Waals surface area contributed by atoms with E-state index in [1.165, 1.54) is 12.8 Å². The minimum Gasteiger partial charge on any atom is -0.346 e. The Morgan fingerprint density at radius 2 is 1.69 bits per heavy atom. The van der Waals surface area contributed by atoms with Crippen LogP contribution in [0.3, 0.4) is 0 Å². The highest BCUT2D eigenvalue weighted by molar-refractivity contribution is 5.99. The van der Waals surface area contributed by atoms with Crippen molar-refractivity contribution in [1.82, 2.24) is 14.4 Å². The minimum absolute atomic E-state index is 0.195. The van der Waals surface area contributed by atoms with Crippen molar-refractivity contribution in [1.29, 1.82) is 0 Å². The van der Waals surface area contributed by atoms with E-state index in [4.69, 9.17) is 0 Å². The molecule has 0 radical (unpaired) electrons. The molecule has 2 aliphatic rings. The molecule has 0 atom stereocenters. The maximum absolute atomic E-state index is 12.8. The Morgan fingerprint density at radius 1 is 1.08 bits per heavy atom. The molecule has 1 saturated heterocycles. The Morgan fingerprint density at radius 3 is 2.23 bits per heavy atom. The fourth-order valence-electron chi connectivity index (χ4n) is 4.70. The first-order valence-electron chi connectivity index (χ1n) is 10.1. The van der Waals surface area contributed by atoms with Gasteiger partial charge in [0, 0.05) is 55.1 Å². The van der Waals surface area contributed by atoms with Crippen molar-refractivity contribution in [2.24, 2.45) is 5.92 Å². The fraction of sp³-hybridized carbons (Fsp3) is 0.714. The predicted molar refractivity (Wildman–Crippen MR) is 104 cm³/mol. The third kappa shape index (κ3) is 3.88. The Hall–Kier alpha value is -1.62. The van der Waals surface area contributed by atoms with Gasteiger partial charge >= 0.3 is 0 Å². The van der Waals surface area contributed by atoms with Gasteiger partial charge in [-0.05, 0) is 46.6 Å². The third-order valence-electron chi connectivity index (χ3n) is 6.06. The lowest BCUT2D eigenvalue weighted by Gasteiger charge is -2.35. The van der Waals surface area contributed by atoms with Crippen molar-refractivity contribution in [3.05, 3.63) is 23.0 Å². The van der Waals surface area contributed by atoms with Crippen LogP contribution in [0.2, 0.25) is 0 Å². The molecule has 1 aromatic rings. The summed E-state index contributed by atoms with van der Waals surface area (Å²) in [5.74, 6) is 0.791. The molecule has 1 amide bonds. The van der Waals surface area contributed by atoms with Gasteiger partial charge in [-0.1, -0.05) is 12.8 Å². The molecule has 5 nitrogen and oxygen atoms in total. The van der Waals surface area contributed by atoms with Gasteiger partial charge < -0.3 is 9.47 Å². The van der Waals surface area contributed by atoms with E-state index in [0.29, 0.717) is 18.5 Å². The van der Waals surface area contributed by atoms with Crippen LogP contribution in [0.15, 0.2) is 6.07 Å². The molecular weight excluding hydrogens is 326 g/mol. The van der Waals surface area contributed by atoms with Gasteiger partial charge in [0.15, 0.2) is 5.78 Å². The Bertz CT molecular complexity index is 663. The van der Waals surface area contributed by atoms with Crippen LogP contribution in [0, 0.1) is 19.8 Å². The zero-order valence-electron chi connectivity index (χ0n) is 16.8. The number of carbonyl (C=O) groups excluding carboxylic acids is 2. The molecule has 1 aliphatic carbocycles. The SMILES string of the molecule is Cc1cc(C(=O)CN2CCN(C(=O)C3CCCC3)CC2)c(C)n1C(C)C. The number of nitrogens with zero attached hydrogens (tertiary/aromatic N) is 3. The summed E-state index contributed by atoms with van der Waals surface area (Å²) in [5, 5.41) is 0. The first kappa shape index (κ1) is 19.2. The summed E-state index contributed by atoms with van der Waals surface area (Å²) >= 11 is 0. The lowest BCUT2D eigenvalue weighted by Crippen LogP contribution is -2.51. The van der Waals surface area contributed by atoms with Gasteiger partial charge in [0.25, 0.3) is 0 Å². The standard InChI is InChI=1S/C21H33N3O2/c1-15(2)24-16(3)13-19(17(24)4)20(25)14-22-9-11-23(12-10-22)21(26)18-7-5-6-8-18/h13,15,18H,5-12,14H2,1-4H3. The molecule has 2 heterocycles. The van der Waals surface area contributed by atoms with Crippen molar-refractivity contribution >= 4 is 11.7 Å². The molecule has 5 heteroatoms. The van der Waals surface area contributed by atoms with Crippen molar-refractivity contribution < 1.29 is 9.59 Å². The summed E-state index contributed by atoms with van der Waals surface area (Å²) in [7, 11) is 0. The highest BCUT2D eigenvalue weighted by Gasteiger charge is 2.30. The average molecular weight is 360 g/mol. The van der Waals surface area contributed by atoms with Crippen LogP contribution < -0.4 is 0 Å². The molecule has 0 aromatic carbocycles. The first-order chi connectivity index (χ1) is 12.4. The topological polar surface area (TPSA) is 45.6 Å². The van der Waals surface area contributed by atoms with E-state index in [0.717, 1.165) is 56.0 Å². The maximum Gasteiger partial charge on any atom is 0.225 e. The minimum atomic E-state index is 0.195. The van der Waals surface area contributed by atoms with E-state index in [1.807, 2.05) is 17.9 Å². The second-order valence-electron chi connectivity index (χ2n) is 8.25. The number of Topliss-reactive ketones (excluding diaryl/α,β-unsaturated/α-hetero) is 1. The highest BCUT2D eigenvalue weighted by atomic mass is 16.2. The second kappa shape index (κ2) is 7.95. The summed E-state index contributed by atoms with van der Waals surface area (Å²) < 4.78 is 2.23. The van der Waals surface area contributed by atoms with E-state index in [2.05, 4.69) is 30.2 Å². The summed E-state index contributed by atoms with van der Waals surface area (Å²) in [6.07, 6.45) is 4.51. The predicted octanol–water partition coefficient (Wildman–Crippen LogP) is 3.20. The van der Waals surface area contributed by atoms with Crippen LogP contribution in [0.25, 0.3) is 0 Å². The average Bonchev–Trinajstić information content (AvgIpc) is 3.23.